The number of nitrogens with zero attached hydrogens (tertiary/aromatic N) is 6. The van der Waals surface area contributed by atoms with Gasteiger partial charge in [-0.1, -0.05) is 23.9 Å². The molecule has 11 heteroatoms. The van der Waals surface area contributed by atoms with Crippen molar-refractivity contribution in [3.05, 3.63) is 24.3 Å². The summed E-state index contributed by atoms with van der Waals surface area (Å²) in [6.45, 7) is 7.41. The van der Waals surface area contributed by atoms with Crippen LogP contribution in [-0.2, 0) is 4.79 Å². The molecule has 164 valence electrons. The van der Waals surface area contributed by atoms with Crippen LogP contribution in [0.1, 0.15) is 26.7 Å². The summed E-state index contributed by atoms with van der Waals surface area (Å²) in [4.78, 5) is 23.9. The molecule has 1 saturated heterocycles. The second-order valence-corrected chi connectivity index (χ2v) is 8.04. The van der Waals surface area contributed by atoms with Crippen LogP contribution < -0.4 is 20.9 Å². The summed E-state index contributed by atoms with van der Waals surface area (Å²) in [5.41, 5.74) is 1.91. The van der Waals surface area contributed by atoms with E-state index in [1.807, 2.05) is 32.0 Å². The number of carbonyl (C=O) groups is 1. The Morgan fingerprint density at radius 3 is 2.61 bits per heavy atom. The van der Waals surface area contributed by atoms with Crippen LogP contribution in [-0.4, -0.2) is 62.4 Å². The molecule has 0 bridgehead atoms. The van der Waals surface area contributed by atoms with Gasteiger partial charge in [0.25, 0.3) is 5.78 Å². The minimum atomic E-state index is -0.0939. The minimum absolute atomic E-state index is 0.0939. The summed E-state index contributed by atoms with van der Waals surface area (Å²) in [6.07, 6.45) is 2.37. The van der Waals surface area contributed by atoms with E-state index in [0.717, 1.165) is 24.5 Å². The third kappa shape index (κ3) is 4.82. The fraction of sp³-hybridized carbons (Fsp3) is 0.450. The molecule has 1 amide bonds. The normalized spacial score (nSPS) is 13.5. The van der Waals surface area contributed by atoms with Crippen LogP contribution in [0.3, 0.4) is 0 Å². The molecular weight excluding hydrogens is 414 g/mol. The molecule has 1 fully saturated rings. The van der Waals surface area contributed by atoms with Gasteiger partial charge in [-0.2, -0.15) is 9.97 Å². The van der Waals surface area contributed by atoms with Crippen molar-refractivity contribution in [3.63, 3.8) is 0 Å². The molecule has 1 aromatic carbocycles. The van der Waals surface area contributed by atoms with Crippen molar-refractivity contribution < 1.29 is 4.79 Å². The van der Waals surface area contributed by atoms with Gasteiger partial charge in [0, 0.05) is 26.2 Å². The Morgan fingerprint density at radius 2 is 1.84 bits per heavy atom. The second kappa shape index (κ2) is 9.82. The summed E-state index contributed by atoms with van der Waals surface area (Å²) >= 11 is 1.30. The number of para-hydroxylation sites is 2. The van der Waals surface area contributed by atoms with Crippen LogP contribution in [0.2, 0.25) is 0 Å². The second-order valence-electron chi connectivity index (χ2n) is 7.10. The summed E-state index contributed by atoms with van der Waals surface area (Å²) < 4.78 is 1.74. The molecule has 1 aliphatic heterocycles. The summed E-state index contributed by atoms with van der Waals surface area (Å²) in [6, 6.07) is 7.95. The van der Waals surface area contributed by atoms with Crippen molar-refractivity contribution in [1.82, 2.24) is 24.6 Å². The Balaban J connectivity index is 1.48. The van der Waals surface area contributed by atoms with Crippen LogP contribution in [0.25, 0.3) is 5.78 Å². The monoisotopic (exact) mass is 441 g/mol. The number of hydrogen-bond donors (Lipinski definition) is 3. The van der Waals surface area contributed by atoms with Crippen molar-refractivity contribution in [3.8, 4) is 0 Å². The van der Waals surface area contributed by atoms with Gasteiger partial charge in [-0.3, -0.25) is 4.79 Å². The number of anilines is 4. The first-order valence-corrected chi connectivity index (χ1v) is 11.6. The number of fused-ring (bicyclic) bond motifs is 1. The predicted molar refractivity (Wildman–Crippen MR) is 124 cm³/mol. The van der Waals surface area contributed by atoms with Crippen molar-refractivity contribution in [1.29, 1.82) is 0 Å². The number of amides is 1. The largest absolute Gasteiger partial charge is 0.370 e. The molecule has 1 aliphatic rings. The third-order valence-corrected chi connectivity index (χ3v) is 5.80. The van der Waals surface area contributed by atoms with E-state index >= 15 is 0 Å². The van der Waals surface area contributed by atoms with Crippen LogP contribution in [0.5, 0.6) is 0 Å². The number of benzene rings is 1. The van der Waals surface area contributed by atoms with Gasteiger partial charge in [-0.05, 0) is 38.8 Å². The number of nitrogens with one attached hydrogen (secondary N) is 3. The zero-order chi connectivity index (χ0) is 21.6. The summed E-state index contributed by atoms with van der Waals surface area (Å²) in [7, 11) is 0. The van der Waals surface area contributed by atoms with E-state index in [9.17, 15) is 4.79 Å². The van der Waals surface area contributed by atoms with Gasteiger partial charge in [0.05, 0.1) is 17.1 Å². The standard InChI is InChI=1S/C20H27N9OS/c1-3-21-17-24-18(22-4-2)29-19(25-17)26-27-20(29)31-13-16(30)23-14-9-5-6-10-15(14)28-11-7-8-12-28/h5-6,9-10H,3-4,7-8,11-13H2,1-2H3,(H,23,30)(H2,21,22,24,25,26). The van der Waals surface area contributed by atoms with Gasteiger partial charge >= 0.3 is 0 Å². The van der Waals surface area contributed by atoms with Crippen LogP contribution in [0, 0.1) is 0 Å². The van der Waals surface area contributed by atoms with Gasteiger partial charge in [0.1, 0.15) is 0 Å². The lowest BCUT2D eigenvalue weighted by Crippen LogP contribution is -2.21. The molecule has 3 N–H and O–H groups in total. The molecule has 0 unspecified atom stereocenters. The maximum atomic E-state index is 12.7. The molecule has 0 saturated carbocycles. The molecule has 2 aromatic heterocycles. The molecule has 0 spiro atoms. The molecule has 3 aromatic rings. The highest BCUT2D eigenvalue weighted by Crippen LogP contribution is 2.29. The Kier molecular flexibility index (Phi) is 6.70. The van der Waals surface area contributed by atoms with Crippen LogP contribution >= 0.6 is 11.8 Å². The molecule has 10 nitrogen and oxygen atoms in total. The van der Waals surface area contributed by atoms with Gasteiger partial charge in [-0.25, -0.2) is 4.40 Å². The molecular formula is C20H27N9OS. The minimum Gasteiger partial charge on any atom is -0.370 e. The SMILES string of the molecule is CCNc1nc(NCC)n2c(SCC(=O)Nc3ccccc3N3CCCC3)nnc2n1. The zero-order valence-corrected chi connectivity index (χ0v) is 18.6. The summed E-state index contributed by atoms with van der Waals surface area (Å²) in [5, 5.41) is 18.3. The Bertz CT molecular complexity index is 1050. The molecule has 0 aliphatic carbocycles. The first-order valence-electron chi connectivity index (χ1n) is 10.6. The fourth-order valence-electron chi connectivity index (χ4n) is 3.53. The lowest BCUT2D eigenvalue weighted by atomic mass is 10.2. The Hall–Kier alpha value is -3.08. The average Bonchev–Trinajstić information content (AvgIpc) is 3.43. The molecule has 31 heavy (non-hydrogen) atoms. The quantitative estimate of drug-likeness (QED) is 0.431. The summed E-state index contributed by atoms with van der Waals surface area (Å²) in [5.74, 6) is 1.63. The first-order chi connectivity index (χ1) is 15.2. The number of aromatic nitrogens is 5. The number of thioether (sulfide) groups is 1. The van der Waals surface area contributed by atoms with E-state index in [4.69, 9.17) is 0 Å². The number of rotatable bonds is 9. The van der Waals surface area contributed by atoms with E-state index < -0.39 is 0 Å². The van der Waals surface area contributed by atoms with E-state index in [1.54, 1.807) is 4.40 Å². The predicted octanol–water partition coefficient (Wildman–Crippen LogP) is 2.71. The maximum Gasteiger partial charge on any atom is 0.261 e. The highest BCUT2D eigenvalue weighted by Gasteiger charge is 2.18. The third-order valence-electron chi connectivity index (χ3n) is 4.87. The fourth-order valence-corrected chi connectivity index (χ4v) is 4.26. The number of carbonyl (C=O) groups excluding carboxylic acids is 1. The highest BCUT2D eigenvalue weighted by molar-refractivity contribution is 7.99. The molecule has 0 radical (unpaired) electrons. The van der Waals surface area contributed by atoms with Crippen LogP contribution in [0.15, 0.2) is 29.4 Å². The lowest BCUT2D eigenvalue weighted by molar-refractivity contribution is -0.113. The molecule has 3 heterocycles. The van der Waals surface area contributed by atoms with Crippen molar-refractivity contribution in [2.24, 2.45) is 0 Å². The average molecular weight is 442 g/mol. The van der Waals surface area contributed by atoms with Gasteiger partial charge in [-0.15, -0.1) is 10.2 Å². The van der Waals surface area contributed by atoms with Crippen molar-refractivity contribution in [2.75, 3.05) is 52.8 Å². The topological polar surface area (TPSA) is 112 Å². The maximum absolute atomic E-state index is 12.7. The Morgan fingerprint density at radius 1 is 1.06 bits per heavy atom. The van der Waals surface area contributed by atoms with Crippen LogP contribution in [0.4, 0.5) is 23.3 Å². The number of hydrogen-bond acceptors (Lipinski definition) is 9. The van der Waals surface area contributed by atoms with Gasteiger partial charge in [0.15, 0.2) is 5.16 Å². The zero-order valence-electron chi connectivity index (χ0n) is 17.8. The molecule has 0 atom stereocenters. The Labute approximate surface area is 185 Å². The van der Waals surface area contributed by atoms with Crippen molar-refractivity contribution >= 4 is 46.7 Å². The van der Waals surface area contributed by atoms with E-state index in [0.29, 0.717) is 35.9 Å². The van der Waals surface area contributed by atoms with Crippen molar-refractivity contribution in [2.45, 2.75) is 31.8 Å². The first kappa shape index (κ1) is 21.2. The van der Waals surface area contributed by atoms with Gasteiger partial charge in [0.2, 0.25) is 17.8 Å². The molecule has 4 rings (SSSR count). The highest BCUT2D eigenvalue weighted by atomic mass is 32.2. The lowest BCUT2D eigenvalue weighted by Gasteiger charge is -2.21. The van der Waals surface area contributed by atoms with Gasteiger partial charge < -0.3 is 20.9 Å². The van der Waals surface area contributed by atoms with E-state index in [-0.39, 0.29) is 11.7 Å². The smallest absolute Gasteiger partial charge is 0.261 e. The van der Waals surface area contributed by atoms with E-state index in [2.05, 4.69) is 47.1 Å². The van der Waals surface area contributed by atoms with E-state index in [1.165, 1.54) is 24.6 Å².